The van der Waals surface area contributed by atoms with Crippen LogP contribution < -0.4 is 5.32 Å². The molecule has 0 bridgehead atoms. The molecule has 0 aliphatic carbocycles. The first-order chi connectivity index (χ1) is 9.31. The molecule has 0 unspecified atom stereocenters. The Kier molecular flexibility index (Phi) is 5.43. The average molecular weight is 277 g/mol. The molecule has 2 N–H and O–H groups in total. The fourth-order valence-electron chi connectivity index (χ4n) is 1.77. The number of carboxylic acid groups (broad SMARTS) is 1. The van der Waals surface area contributed by atoms with E-state index in [9.17, 15) is 14.4 Å². The summed E-state index contributed by atoms with van der Waals surface area (Å²) in [5, 5.41) is 11.0. The fourth-order valence-corrected chi connectivity index (χ4v) is 1.77. The van der Waals surface area contributed by atoms with Crippen molar-refractivity contribution in [2.24, 2.45) is 0 Å². The molecule has 0 aliphatic rings. The molecule has 0 saturated carbocycles. The minimum Gasteiger partial charge on any atom is -0.480 e. The summed E-state index contributed by atoms with van der Waals surface area (Å²) in [6.45, 7) is 5.13. The molecule has 20 heavy (non-hydrogen) atoms. The maximum atomic E-state index is 12.0. The van der Waals surface area contributed by atoms with Gasteiger partial charge < -0.3 is 10.4 Å². The molecule has 1 aromatic rings. The highest BCUT2D eigenvalue weighted by molar-refractivity contribution is 5.99. The molecule has 1 rings (SSSR count). The van der Waals surface area contributed by atoms with Crippen LogP contribution in [-0.2, 0) is 9.59 Å². The van der Waals surface area contributed by atoms with Gasteiger partial charge in [0.25, 0.3) is 0 Å². The van der Waals surface area contributed by atoms with Crippen LogP contribution in [0.4, 0.5) is 0 Å². The summed E-state index contributed by atoms with van der Waals surface area (Å²) in [5.41, 5.74) is 2.48. The Morgan fingerprint density at radius 2 is 1.85 bits per heavy atom. The van der Waals surface area contributed by atoms with E-state index in [0.29, 0.717) is 5.56 Å². The summed E-state index contributed by atoms with van der Waals surface area (Å²) in [6.07, 6.45) is 0.0618. The number of carbonyl (C=O) groups is 3. The topological polar surface area (TPSA) is 83.5 Å². The number of aliphatic carboxylic acids is 1. The highest BCUT2D eigenvalue weighted by atomic mass is 16.4. The number of ketones is 1. The molecule has 0 saturated heterocycles. The molecule has 1 amide bonds. The summed E-state index contributed by atoms with van der Waals surface area (Å²) < 4.78 is 0. The Bertz CT molecular complexity index is 537. The van der Waals surface area contributed by atoms with Gasteiger partial charge in [-0.05, 0) is 32.4 Å². The summed E-state index contributed by atoms with van der Waals surface area (Å²) in [4.78, 5) is 34.2. The highest BCUT2D eigenvalue weighted by Gasteiger charge is 2.16. The number of rotatable bonds is 6. The highest BCUT2D eigenvalue weighted by Crippen LogP contribution is 2.13. The molecule has 1 atom stereocenters. The molecule has 0 aliphatic heterocycles. The molecule has 0 aromatic heterocycles. The third-order valence-corrected chi connectivity index (χ3v) is 3.02. The number of hydrogen-bond acceptors (Lipinski definition) is 3. The van der Waals surface area contributed by atoms with Crippen molar-refractivity contribution in [3.05, 3.63) is 34.9 Å². The summed E-state index contributed by atoms with van der Waals surface area (Å²) in [7, 11) is 0. The minimum atomic E-state index is -1.10. The molecule has 0 spiro atoms. The second-order valence-electron chi connectivity index (χ2n) is 4.87. The van der Waals surface area contributed by atoms with Gasteiger partial charge in [-0.25, -0.2) is 0 Å². The first-order valence-electron chi connectivity index (χ1n) is 6.44. The van der Waals surface area contributed by atoms with Crippen molar-refractivity contribution in [2.45, 2.75) is 39.7 Å². The van der Waals surface area contributed by atoms with Crippen molar-refractivity contribution >= 4 is 17.7 Å². The van der Waals surface area contributed by atoms with Gasteiger partial charge in [0.1, 0.15) is 6.04 Å². The van der Waals surface area contributed by atoms with Gasteiger partial charge in [-0.2, -0.15) is 0 Å². The molecular weight excluding hydrogens is 258 g/mol. The zero-order valence-corrected chi connectivity index (χ0v) is 11.9. The van der Waals surface area contributed by atoms with Crippen LogP contribution in [0.2, 0.25) is 0 Å². The smallest absolute Gasteiger partial charge is 0.325 e. The van der Waals surface area contributed by atoms with Crippen LogP contribution in [0.5, 0.6) is 0 Å². The Balaban J connectivity index is 2.57. The minimum absolute atomic E-state index is 0.0101. The third kappa shape index (κ3) is 4.50. The maximum absolute atomic E-state index is 12.0. The maximum Gasteiger partial charge on any atom is 0.325 e. The number of carboxylic acids is 1. The van der Waals surface area contributed by atoms with E-state index in [1.54, 1.807) is 6.07 Å². The number of amides is 1. The van der Waals surface area contributed by atoms with Crippen molar-refractivity contribution < 1.29 is 19.5 Å². The van der Waals surface area contributed by atoms with Crippen LogP contribution in [0, 0.1) is 13.8 Å². The Morgan fingerprint density at radius 1 is 1.20 bits per heavy atom. The molecule has 5 nitrogen and oxygen atoms in total. The SMILES string of the molecule is Cc1ccc(C)c(C(=O)CCC(=O)N[C@@H](C)C(=O)O)c1. The van der Waals surface area contributed by atoms with Gasteiger partial charge >= 0.3 is 5.97 Å². The predicted molar refractivity (Wildman–Crippen MR) is 74.7 cm³/mol. The second-order valence-corrected chi connectivity index (χ2v) is 4.87. The van der Waals surface area contributed by atoms with Gasteiger partial charge in [0.2, 0.25) is 5.91 Å². The summed E-state index contributed by atoms with van der Waals surface area (Å²) >= 11 is 0. The monoisotopic (exact) mass is 277 g/mol. The van der Waals surface area contributed by atoms with Gasteiger partial charge in [0.05, 0.1) is 0 Å². The van der Waals surface area contributed by atoms with Crippen molar-refractivity contribution in [1.82, 2.24) is 5.32 Å². The third-order valence-electron chi connectivity index (χ3n) is 3.02. The number of aryl methyl sites for hydroxylation is 2. The van der Waals surface area contributed by atoms with Crippen LogP contribution in [-0.4, -0.2) is 28.8 Å². The molecule has 0 radical (unpaired) electrons. The predicted octanol–water partition coefficient (Wildman–Crippen LogP) is 1.86. The van der Waals surface area contributed by atoms with Crippen LogP contribution in [0.25, 0.3) is 0 Å². The number of hydrogen-bond donors (Lipinski definition) is 2. The number of benzene rings is 1. The fraction of sp³-hybridized carbons (Fsp3) is 0.400. The lowest BCUT2D eigenvalue weighted by Gasteiger charge is -2.09. The van der Waals surface area contributed by atoms with E-state index in [-0.39, 0.29) is 18.6 Å². The van der Waals surface area contributed by atoms with Crippen LogP contribution in [0.15, 0.2) is 18.2 Å². The Labute approximate surface area is 118 Å². The number of nitrogens with one attached hydrogen (secondary N) is 1. The standard InChI is InChI=1S/C15H19NO4/c1-9-4-5-10(2)12(8-9)13(17)6-7-14(18)16-11(3)15(19)20/h4-5,8,11H,6-7H2,1-3H3,(H,16,18)(H,19,20)/t11-/m0/s1. The first-order valence-corrected chi connectivity index (χ1v) is 6.44. The largest absolute Gasteiger partial charge is 0.480 e. The van der Waals surface area contributed by atoms with Gasteiger partial charge in [-0.3, -0.25) is 14.4 Å². The van der Waals surface area contributed by atoms with E-state index in [1.807, 2.05) is 26.0 Å². The van der Waals surface area contributed by atoms with Crippen molar-refractivity contribution in [1.29, 1.82) is 0 Å². The van der Waals surface area contributed by atoms with E-state index in [4.69, 9.17) is 5.11 Å². The molecule has 5 heteroatoms. The van der Waals surface area contributed by atoms with Crippen LogP contribution in [0.3, 0.4) is 0 Å². The van der Waals surface area contributed by atoms with E-state index in [2.05, 4.69) is 5.32 Å². The zero-order valence-electron chi connectivity index (χ0n) is 11.9. The first kappa shape index (κ1) is 15.9. The zero-order chi connectivity index (χ0) is 15.3. The second kappa shape index (κ2) is 6.84. The van der Waals surface area contributed by atoms with E-state index < -0.39 is 17.9 Å². The van der Waals surface area contributed by atoms with Gasteiger partial charge in [0.15, 0.2) is 5.78 Å². The van der Waals surface area contributed by atoms with Crippen molar-refractivity contribution in [2.75, 3.05) is 0 Å². The molecule has 0 fully saturated rings. The van der Waals surface area contributed by atoms with Crippen molar-refractivity contribution in [3.8, 4) is 0 Å². The number of Topliss-reactive ketones (excluding diaryl/α,β-unsaturated/α-hetero) is 1. The Morgan fingerprint density at radius 3 is 2.45 bits per heavy atom. The quantitative estimate of drug-likeness (QED) is 0.777. The molecular formula is C15H19NO4. The Hall–Kier alpha value is -2.17. The lowest BCUT2D eigenvalue weighted by atomic mass is 9.99. The van der Waals surface area contributed by atoms with E-state index in [1.165, 1.54) is 6.92 Å². The molecule has 1 aromatic carbocycles. The van der Waals surface area contributed by atoms with E-state index >= 15 is 0 Å². The van der Waals surface area contributed by atoms with Gasteiger partial charge in [-0.1, -0.05) is 17.7 Å². The van der Waals surface area contributed by atoms with E-state index in [0.717, 1.165) is 11.1 Å². The normalized spacial score (nSPS) is 11.8. The summed E-state index contributed by atoms with van der Waals surface area (Å²) in [5.74, 6) is -1.64. The molecule has 108 valence electrons. The molecule has 0 heterocycles. The lowest BCUT2D eigenvalue weighted by molar-refractivity contribution is -0.141. The van der Waals surface area contributed by atoms with Gasteiger partial charge in [-0.15, -0.1) is 0 Å². The van der Waals surface area contributed by atoms with Crippen LogP contribution >= 0.6 is 0 Å². The summed E-state index contributed by atoms with van der Waals surface area (Å²) in [6, 6.07) is 4.65. The lowest BCUT2D eigenvalue weighted by Crippen LogP contribution is -2.38. The number of carbonyl (C=O) groups excluding carboxylic acids is 2. The van der Waals surface area contributed by atoms with Crippen LogP contribution in [0.1, 0.15) is 41.3 Å². The van der Waals surface area contributed by atoms with Gasteiger partial charge in [0, 0.05) is 18.4 Å². The van der Waals surface area contributed by atoms with Crippen molar-refractivity contribution in [3.63, 3.8) is 0 Å². The average Bonchev–Trinajstić information content (AvgIpc) is 2.38.